The van der Waals surface area contributed by atoms with E-state index in [4.69, 9.17) is 4.74 Å². The van der Waals surface area contributed by atoms with E-state index >= 15 is 0 Å². The molecule has 0 N–H and O–H groups in total. The molecule has 0 unspecified atom stereocenters. The Labute approximate surface area is 195 Å². The molecule has 0 aliphatic heterocycles. The number of imidazole rings is 1. The Kier molecular flexibility index (Phi) is 6.04. The van der Waals surface area contributed by atoms with Crippen molar-refractivity contribution in [2.75, 3.05) is 5.75 Å². The van der Waals surface area contributed by atoms with Gasteiger partial charge in [-0.1, -0.05) is 25.1 Å². The number of rotatable bonds is 5. The SMILES string of the molecule is CCS(=O)(=O)c1cccc(Oc2cccc(-n3c(C(F)(F)F)nc4c(C(F)(F)F)cccc43)c2)c1. The summed E-state index contributed by atoms with van der Waals surface area (Å²) in [6.07, 6.45) is -9.96. The van der Waals surface area contributed by atoms with Gasteiger partial charge < -0.3 is 4.74 Å². The number of ether oxygens (including phenoxy) is 1. The molecule has 0 aliphatic carbocycles. The van der Waals surface area contributed by atoms with Crippen LogP contribution in [0, 0.1) is 0 Å². The van der Waals surface area contributed by atoms with Crippen LogP contribution in [0.15, 0.2) is 71.6 Å². The summed E-state index contributed by atoms with van der Waals surface area (Å²) in [5.74, 6) is -1.52. The Bertz CT molecular complexity index is 1510. The Hall–Kier alpha value is -3.54. The van der Waals surface area contributed by atoms with Crippen molar-refractivity contribution in [3.63, 3.8) is 0 Å². The minimum absolute atomic E-state index is 0.00768. The fourth-order valence-electron chi connectivity index (χ4n) is 3.50. The van der Waals surface area contributed by atoms with Crippen molar-refractivity contribution >= 4 is 20.9 Å². The fourth-order valence-corrected chi connectivity index (χ4v) is 4.41. The van der Waals surface area contributed by atoms with E-state index in [9.17, 15) is 34.8 Å². The van der Waals surface area contributed by atoms with Crippen molar-refractivity contribution in [3.8, 4) is 17.2 Å². The van der Waals surface area contributed by atoms with Crippen molar-refractivity contribution in [3.05, 3.63) is 78.1 Å². The van der Waals surface area contributed by atoms with Crippen LogP contribution in [0.2, 0.25) is 0 Å². The molecule has 0 bridgehead atoms. The zero-order valence-electron chi connectivity index (χ0n) is 17.9. The number of sulfone groups is 1. The molecule has 0 aliphatic rings. The largest absolute Gasteiger partial charge is 0.457 e. The number of aromatic nitrogens is 2. The Balaban J connectivity index is 1.84. The molecule has 0 atom stereocenters. The number of halogens is 6. The quantitative estimate of drug-likeness (QED) is 0.280. The van der Waals surface area contributed by atoms with Crippen LogP contribution >= 0.6 is 0 Å². The van der Waals surface area contributed by atoms with Gasteiger partial charge in [-0.25, -0.2) is 13.4 Å². The summed E-state index contributed by atoms with van der Waals surface area (Å²) >= 11 is 0. The number of fused-ring (bicyclic) bond motifs is 1. The Morgan fingerprint density at radius 1 is 0.857 bits per heavy atom. The van der Waals surface area contributed by atoms with Crippen molar-refractivity contribution in [2.45, 2.75) is 24.2 Å². The van der Waals surface area contributed by atoms with Crippen molar-refractivity contribution in [2.24, 2.45) is 0 Å². The smallest absolute Gasteiger partial charge is 0.450 e. The molecule has 1 aromatic heterocycles. The zero-order chi connectivity index (χ0) is 25.6. The molecule has 184 valence electrons. The first kappa shape index (κ1) is 24.6. The predicted molar refractivity (Wildman–Crippen MR) is 115 cm³/mol. The highest BCUT2D eigenvalue weighted by Crippen LogP contribution is 2.39. The normalized spacial score (nSPS) is 12.8. The van der Waals surface area contributed by atoms with Gasteiger partial charge >= 0.3 is 12.4 Å². The van der Waals surface area contributed by atoms with Gasteiger partial charge in [-0.05, 0) is 42.5 Å². The highest BCUT2D eigenvalue weighted by atomic mass is 32.2. The van der Waals surface area contributed by atoms with Gasteiger partial charge in [0.15, 0.2) is 9.84 Å². The molecular formula is C23H16F6N2O3S. The maximum Gasteiger partial charge on any atom is 0.450 e. The molecule has 0 radical (unpaired) electrons. The average molecular weight is 514 g/mol. The summed E-state index contributed by atoms with van der Waals surface area (Å²) in [6.45, 7) is 1.48. The lowest BCUT2D eigenvalue weighted by Gasteiger charge is -2.14. The van der Waals surface area contributed by atoms with Crippen molar-refractivity contribution < 1.29 is 39.5 Å². The molecule has 0 amide bonds. The highest BCUT2D eigenvalue weighted by Gasteiger charge is 2.41. The van der Waals surface area contributed by atoms with Crippen LogP contribution < -0.4 is 4.74 Å². The summed E-state index contributed by atoms with van der Waals surface area (Å²) in [7, 11) is -3.53. The average Bonchev–Trinajstić information content (AvgIpc) is 3.19. The molecule has 0 spiro atoms. The van der Waals surface area contributed by atoms with Gasteiger partial charge in [0.05, 0.1) is 27.4 Å². The number of nitrogens with zero attached hydrogens (tertiary/aromatic N) is 2. The third-order valence-electron chi connectivity index (χ3n) is 5.10. The van der Waals surface area contributed by atoms with Crippen LogP contribution in [0.5, 0.6) is 11.5 Å². The van der Waals surface area contributed by atoms with E-state index in [-0.39, 0.29) is 33.4 Å². The summed E-state index contributed by atoms with van der Waals surface area (Å²) in [6, 6.07) is 13.6. The molecule has 0 fully saturated rings. The first-order valence-corrected chi connectivity index (χ1v) is 11.7. The number of benzene rings is 3. The van der Waals surface area contributed by atoms with Gasteiger partial charge in [-0.15, -0.1) is 0 Å². The summed E-state index contributed by atoms with van der Waals surface area (Å²) in [5.41, 5.74) is -2.66. The van der Waals surface area contributed by atoms with E-state index in [0.29, 0.717) is 10.6 Å². The first-order chi connectivity index (χ1) is 16.3. The lowest BCUT2D eigenvalue weighted by Crippen LogP contribution is -2.13. The molecule has 4 aromatic rings. The standard InChI is InChI=1S/C23H16F6N2O3S/c1-2-35(32,33)17-9-4-8-16(13-17)34-15-7-3-6-14(12-15)31-19-11-5-10-18(22(24,25)26)20(19)30-21(31)23(27,28)29/h3-13H,2H2,1H3. The molecule has 35 heavy (non-hydrogen) atoms. The molecule has 5 nitrogen and oxygen atoms in total. The highest BCUT2D eigenvalue weighted by molar-refractivity contribution is 7.91. The summed E-state index contributed by atoms with van der Waals surface area (Å²) < 4.78 is 112. The van der Waals surface area contributed by atoms with Crippen molar-refractivity contribution in [1.82, 2.24) is 9.55 Å². The summed E-state index contributed by atoms with van der Waals surface area (Å²) in [4.78, 5) is 3.31. The Morgan fingerprint density at radius 3 is 2.11 bits per heavy atom. The molecule has 3 aromatic carbocycles. The lowest BCUT2D eigenvalue weighted by atomic mass is 10.1. The third kappa shape index (κ3) is 4.83. The fraction of sp³-hybridized carbons (Fsp3) is 0.174. The molecular weight excluding hydrogens is 498 g/mol. The predicted octanol–water partition coefficient (Wildman–Crippen LogP) is 6.65. The number of alkyl halides is 6. The Morgan fingerprint density at radius 2 is 1.49 bits per heavy atom. The van der Waals surface area contributed by atoms with Gasteiger partial charge in [0.25, 0.3) is 0 Å². The van der Waals surface area contributed by atoms with Crippen molar-refractivity contribution in [1.29, 1.82) is 0 Å². The minimum Gasteiger partial charge on any atom is -0.457 e. The summed E-state index contributed by atoms with van der Waals surface area (Å²) in [5, 5.41) is 0. The lowest BCUT2D eigenvalue weighted by molar-refractivity contribution is -0.146. The number of hydrogen-bond donors (Lipinski definition) is 0. The first-order valence-electron chi connectivity index (χ1n) is 10.1. The number of hydrogen-bond acceptors (Lipinski definition) is 4. The van der Waals surface area contributed by atoms with Gasteiger partial charge in [-0.3, -0.25) is 4.57 Å². The van der Waals surface area contributed by atoms with Gasteiger partial charge in [0.1, 0.15) is 17.0 Å². The monoisotopic (exact) mass is 514 g/mol. The van der Waals surface area contributed by atoms with Crippen LogP contribution in [-0.4, -0.2) is 23.7 Å². The van der Waals surface area contributed by atoms with E-state index in [2.05, 4.69) is 4.98 Å². The second kappa shape index (κ2) is 8.59. The van der Waals surface area contributed by atoms with E-state index in [1.165, 1.54) is 55.5 Å². The zero-order valence-corrected chi connectivity index (χ0v) is 18.7. The molecule has 12 heteroatoms. The maximum absolute atomic E-state index is 13.8. The van der Waals surface area contributed by atoms with E-state index in [0.717, 1.165) is 12.1 Å². The molecule has 0 saturated carbocycles. The van der Waals surface area contributed by atoms with Crippen LogP contribution in [0.25, 0.3) is 16.7 Å². The van der Waals surface area contributed by atoms with Crippen LogP contribution in [0.3, 0.4) is 0 Å². The van der Waals surface area contributed by atoms with Gasteiger partial charge in [0, 0.05) is 6.07 Å². The maximum atomic E-state index is 13.8. The number of para-hydroxylation sites is 1. The second-order valence-electron chi connectivity index (χ2n) is 7.42. The van der Waals surface area contributed by atoms with Crippen LogP contribution in [0.4, 0.5) is 26.3 Å². The van der Waals surface area contributed by atoms with Crippen LogP contribution in [-0.2, 0) is 22.2 Å². The third-order valence-corrected chi connectivity index (χ3v) is 6.83. The van der Waals surface area contributed by atoms with Crippen LogP contribution in [0.1, 0.15) is 18.3 Å². The van der Waals surface area contributed by atoms with Gasteiger partial charge in [-0.2, -0.15) is 26.3 Å². The van der Waals surface area contributed by atoms with E-state index in [1.807, 2.05) is 0 Å². The van der Waals surface area contributed by atoms with E-state index in [1.54, 1.807) is 0 Å². The van der Waals surface area contributed by atoms with E-state index < -0.39 is 39.1 Å². The molecule has 1 heterocycles. The minimum atomic E-state index is -5.05. The van der Waals surface area contributed by atoms with Gasteiger partial charge in [0.2, 0.25) is 5.82 Å². The molecule has 0 saturated heterocycles. The topological polar surface area (TPSA) is 61.2 Å². The second-order valence-corrected chi connectivity index (χ2v) is 9.70. The molecule has 4 rings (SSSR count).